The first-order chi connectivity index (χ1) is 13.2. The standard InChI is InChI=1S/C23H28N2O2/c1-2-3-4-11-16-24-21(17-19-12-7-5-8-13-19)22(26)25(23(24)27)18-20-14-9-6-10-15-20/h5-10,12-15,26H,2-4,11,16-18H2,1H3. The van der Waals surface area contributed by atoms with Gasteiger partial charge in [-0.1, -0.05) is 86.8 Å². The lowest BCUT2D eigenvalue weighted by Gasteiger charge is -2.07. The first-order valence-corrected chi connectivity index (χ1v) is 9.79. The molecule has 0 aliphatic rings. The van der Waals surface area contributed by atoms with Crippen molar-refractivity contribution in [2.75, 3.05) is 0 Å². The Morgan fingerprint density at radius 1 is 0.815 bits per heavy atom. The molecular weight excluding hydrogens is 336 g/mol. The van der Waals surface area contributed by atoms with Crippen LogP contribution in [0.1, 0.15) is 49.4 Å². The fraction of sp³-hybridized carbons (Fsp3) is 0.348. The van der Waals surface area contributed by atoms with E-state index < -0.39 is 0 Å². The van der Waals surface area contributed by atoms with Crippen LogP contribution in [-0.2, 0) is 19.5 Å². The molecule has 3 aromatic rings. The highest BCUT2D eigenvalue weighted by atomic mass is 16.3. The van der Waals surface area contributed by atoms with Crippen LogP contribution in [0.15, 0.2) is 65.5 Å². The van der Waals surface area contributed by atoms with Crippen LogP contribution in [0.2, 0.25) is 0 Å². The van der Waals surface area contributed by atoms with Crippen molar-refractivity contribution in [2.24, 2.45) is 0 Å². The van der Waals surface area contributed by atoms with Gasteiger partial charge in [-0.15, -0.1) is 0 Å². The fourth-order valence-corrected chi connectivity index (χ4v) is 3.43. The molecule has 142 valence electrons. The van der Waals surface area contributed by atoms with E-state index in [4.69, 9.17) is 0 Å². The molecular formula is C23H28N2O2. The smallest absolute Gasteiger partial charge is 0.331 e. The second-order valence-electron chi connectivity index (χ2n) is 7.00. The number of rotatable bonds is 9. The fourth-order valence-electron chi connectivity index (χ4n) is 3.43. The zero-order valence-corrected chi connectivity index (χ0v) is 16.0. The molecule has 4 heteroatoms. The summed E-state index contributed by atoms with van der Waals surface area (Å²) in [5, 5.41) is 10.9. The predicted octanol–water partition coefficient (Wildman–Crippen LogP) is 4.57. The second-order valence-corrected chi connectivity index (χ2v) is 7.00. The molecule has 4 nitrogen and oxygen atoms in total. The summed E-state index contributed by atoms with van der Waals surface area (Å²) in [5.41, 5.74) is 2.67. The highest BCUT2D eigenvalue weighted by Gasteiger charge is 2.19. The minimum Gasteiger partial charge on any atom is -0.493 e. The highest BCUT2D eigenvalue weighted by Crippen LogP contribution is 2.21. The molecule has 2 aromatic carbocycles. The van der Waals surface area contributed by atoms with E-state index >= 15 is 0 Å². The summed E-state index contributed by atoms with van der Waals surface area (Å²) < 4.78 is 3.26. The van der Waals surface area contributed by atoms with Gasteiger partial charge in [0.05, 0.1) is 12.2 Å². The molecule has 0 fully saturated rings. The highest BCUT2D eigenvalue weighted by molar-refractivity contribution is 5.30. The van der Waals surface area contributed by atoms with E-state index in [9.17, 15) is 9.90 Å². The number of benzene rings is 2. The monoisotopic (exact) mass is 364 g/mol. The lowest BCUT2D eigenvalue weighted by Crippen LogP contribution is -2.25. The third kappa shape index (κ3) is 4.70. The Balaban J connectivity index is 1.93. The summed E-state index contributed by atoms with van der Waals surface area (Å²) in [5.74, 6) is 0.0863. The average molecular weight is 364 g/mol. The maximum absolute atomic E-state index is 13.0. The topological polar surface area (TPSA) is 47.2 Å². The number of aromatic nitrogens is 2. The van der Waals surface area contributed by atoms with Crippen LogP contribution < -0.4 is 5.69 Å². The molecule has 0 atom stereocenters. The Kier molecular flexibility index (Phi) is 6.53. The van der Waals surface area contributed by atoms with E-state index in [1.165, 1.54) is 11.0 Å². The van der Waals surface area contributed by atoms with Gasteiger partial charge in [0, 0.05) is 13.0 Å². The second kappa shape index (κ2) is 9.26. The molecule has 27 heavy (non-hydrogen) atoms. The zero-order chi connectivity index (χ0) is 19.1. The van der Waals surface area contributed by atoms with Gasteiger partial charge in [-0.25, -0.2) is 4.79 Å². The van der Waals surface area contributed by atoms with Gasteiger partial charge in [-0.2, -0.15) is 0 Å². The lowest BCUT2D eigenvalue weighted by molar-refractivity contribution is 0.416. The summed E-state index contributed by atoms with van der Waals surface area (Å²) >= 11 is 0. The normalized spacial score (nSPS) is 11.0. The molecule has 1 aromatic heterocycles. The molecule has 0 aliphatic heterocycles. The van der Waals surface area contributed by atoms with Crippen LogP contribution in [0, 0.1) is 0 Å². The van der Waals surface area contributed by atoms with Gasteiger partial charge in [-0.3, -0.25) is 9.13 Å². The van der Waals surface area contributed by atoms with E-state index in [1.54, 1.807) is 4.57 Å². The van der Waals surface area contributed by atoms with Gasteiger partial charge >= 0.3 is 5.69 Å². The third-order valence-electron chi connectivity index (χ3n) is 4.93. The molecule has 0 saturated carbocycles. The van der Waals surface area contributed by atoms with Crippen molar-refractivity contribution in [3.8, 4) is 5.88 Å². The van der Waals surface area contributed by atoms with E-state index in [0.717, 1.165) is 30.4 Å². The SMILES string of the molecule is CCCCCCn1c(Cc2ccccc2)c(O)n(Cc2ccccc2)c1=O. The third-order valence-corrected chi connectivity index (χ3v) is 4.93. The van der Waals surface area contributed by atoms with Gasteiger partial charge in [0.1, 0.15) is 0 Å². The molecule has 0 amide bonds. The largest absolute Gasteiger partial charge is 0.493 e. The van der Waals surface area contributed by atoms with Crippen LogP contribution >= 0.6 is 0 Å². The van der Waals surface area contributed by atoms with Crippen LogP contribution in [0.3, 0.4) is 0 Å². The van der Waals surface area contributed by atoms with Crippen LogP contribution in [-0.4, -0.2) is 14.2 Å². The van der Waals surface area contributed by atoms with Crippen molar-refractivity contribution in [3.05, 3.63) is 88.0 Å². The van der Waals surface area contributed by atoms with Gasteiger partial charge in [0.2, 0.25) is 5.88 Å². The van der Waals surface area contributed by atoms with Crippen molar-refractivity contribution < 1.29 is 5.11 Å². The van der Waals surface area contributed by atoms with Crippen LogP contribution in [0.4, 0.5) is 0 Å². The van der Waals surface area contributed by atoms with Crippen molar-refractivity contribution in [1.82, 2.24) is 9.13 Å². The van der Waals surface area contributed by atoms with E-state index in [0.29, 0.717) is 25.2 Å². The molecule has 0 bridgehead atoms. The Morgan fingerprint density at radius 3 is 2.07 bits per heavy atom. The summed E-state index contributed by atoms with van der Waals surface area (Å²) in [6, 6.07) is 19.8. The summed E-state index contributed by atoms with van der Waals surface area (Å²) in [6.45, 7) is 3.21. The van der Waals surface area contributed by atoms with Crippen molar-refractivity contribution in [1.29, 1.82) is 0 Å². The van der Waals surface area contributed by atoms with E-state index in [2.05, 4.69) is 6.92 Å². The molecule has 0 radical (unpaired) electrons. The minimum absolute atomic E-state index is 0.0863. The summed E-state index contributed by atoms with van der Waals surface area (Å²) in [7, 11) is 0. The number of hydrogen-bond acceptors (Lipinski definition) is 2. The maximum Gasteiger partial charge on any atom is 0.331 e. The van der Waals surface area contributed by atoms with Gasteiger partial charge < -0.3 is 5.11 Å². The number of nitrogens with zero attached hydrogens (tertiary/aromatic N) is 2. The number of unbranched alkanes of at least 4 members (excludes halogenated alkanes) is 3. The Hall–Kier alpha value is -2.75. The Bertz CT molecular complexity index is 895. The zero-order valence-electron chi connectivity index (χ0n) is 16.0. The first kappa shape index (κ1) is 19.0. The maximum atomic E-state index is 13.0. The molecule has 0 spiro atoms. The lowest BCUT2D eigenvalue weighted by atomic mass is 10.1. The molecule has 0 aliphatic carbocycles. The average Bonchev–Trinajstić information content (AvgIpc) is 2.91. The number of imidazole rings is 1. The van der Waals surface area contributed by atoms with Gasteiger partial charge in [0.25, 0.3) is 0 Å². The molecule has 0 unspecified atom stereocenters. The van der Waals surface area contributed by atoms with Crippen molar-refractivity contribution in [3.63, 3.8) is 0 Å². The van der Waals surface area contributed by atoms with Crippen molar-refractivity contribution >= 4 is 0 Å². The van der Waals surface area contributed by atoms with Crippen LogP contribution in [0.5, 0.6) is 5.88 Å². The van der Waals surface area contributed by atoms with Crippen molar-refractivity contribution in [2.45, 2.75) is 52.1 Å². The van der Waals surface area contributed by atoms with Gasteiger partial charge in [0.15, 0.2) is 0 Å². The molecule has 3 rings (SSSR count). The number of aromatic hydroxyl groups is 1. The van der Waals surface area contributed by atoms with Gasteiger partial charge in [-0.05, 0) is 17.5 Å². The quantitative estimate of drug-likeness (QED) is 0.565. The molecule has 1 heterocycles. The Labute approximate surface area is 160 Å². The molecule has 0 saturated heterocycles. The molecule has 1 N–H and O–H groups in total. The Morgan fingerprint density at radius 2 is 1.44 bits per heavy atom. The van der Waals surface area contributed by atoms with E-state index in [1.807, 2.05) is 60.7 Å². The van der Waals surface area contributed by atoms with E-state index in [-0.39, 0.29) is 11.6 Å². The number of hydrogen-bond donors (Lipinski definition) is 1. The van der Waals surface area contributed by atoms with Crippen LogP contribution in [0.25, 0.3) is 0 Å². The minimum atomic E-state index is -0.126. The predicted molar refractivity (Wildman–Crippen MR) is 109 cm³/mol. The first-order valence-electron chi connectivity index (χ1n) is 9.79. The summed E-state index contributed by atoms with van der Waals surface area (Å²) in [6.07, 6.45) is 4.92. The summed E-state index contributed by atoms with van der Waals surface area (Å²) in [4.78, 5) is 13.0.